The first-order valence-electron chi connectivity index (χ1n) is 2.61. The van der Waals surface area contributed by atoms with Crippen LogP contribution in [-0.2, 0) is 4.79 Å². The number of carbonyl (C=O) groups is 1. The maximum absolute atomic E-state index is 10.4. The molecule has 1 unspecified atom stereocenters. The molecule has 8 heavy (non-hydrogen) atoms. The van der Waals surface area contributed by atoms with Crippen LogP contribution in [-0.4, -0.2) is 17.5 Å². The van der Waals surface area contributed by atoms with Gasteiger partial charge in [-0.1, -0.05) is 0 Å². The van der Waals surface area contributed by atoms with Crippen LogP contribution in [0.2, 0.25) is 0 Å². The van der Waals surface area contributed by atoms with E-state index >= 15 is 0 Å². The second-order valence-electron chi connectivity index (χ2n) is 2.69. The average Bonchev–Trinajstić information content (AvgIpc) is 1.65. The highest BCUT2D eigenvalue weighted by atomic mass is 16.2. The molecule has 0 spiro atoms. The zero-order valence-corrected chi connectivity index (χ0v) is 5.06. The van der Waals surface area contributed by atoms with Crippen molar-refractivity contribution in [2.45, 2.75) is 25.4 Å². The molecule has 1 amide bonds. The number of nitrogens with one attached hydrogen (secondary N) is 1. The Morgan fingerprint density at radius 2 is 2.25 bits per heavy atom. The molecule has 0 saturated carbocycles. The minimum absolute atomic E-state index is 0.0463. The van der Waals surface area contributed by atoms with Gasteiger partial charge in [0.05, 0.1) is 5.54 Å². The van der Waals surface area contributed by atoms with Crippen LogP contribution < -0.4 is 11.1 Å². The highest BCUT2D eigenvalue weighted by Gasteiger charge is 2.43. The first-order chi connectivity index (χ1) is 3.54. The molecule has 1 heterocycles. The lowest BCUT2D eigenvalue weighted by molar-refractivity contribution is -0.133. The Morgan fingerprint density at radius 3 is 2.25 bits per heavy atom. The SMILES string of the molecule is CC1(C)NC(=O)C1N. The number of β-lactam (4-membered cyclic amide) rings is 1. The Morgan fingerprint density at radius 1 is 1.75 bits per heavy atom. The second kappa shape index (κ2) is 1.23. The lowest BCUT2D eigenvalue weighted by atomic mass is 9.86. The molecule has 0 aromatic rings. The predicted molar refractivity (Wildman–Crippen MR) is 30.2 cm³/mol. The van der Waals surface area contributed by atoms with Gasteiger partial charge in [0.2, 0.25) is 5.91 Å². The summed E-state index contributed by atoms with van der Waals surface area (Å²) in [7, 11) is 0. The van der Waals surface area contributed by atoms with Crippen molar-refractivity contribution in [2.75, 3.05) is 0 Å². The van der Waals surface area contributed by atoms with Crippen molar-refractivity contribution in [1.82, 2.24) is 5.32 Å². The fourth-order valence-electron chi connectivity index (χ4n) is 0.723. The third-order valence-electron chi connectivity index (χ3n) is 1.51. The fraction of sp³-hybridized carbons (Fsp3) is 0.800. The number of carbonyl (C=O) groups excluding carboxylic acids is 1. The van der Waals surface area contributed by atoms with Gasteiger partial charge in [-0.25, -0.2) is 0 Å². The van der Waals surface area contributed by atoms with Crippen LogP contribution in [0, 0.1) is 0 Å². The van der Waals surface area contributed by atoms with E-state index in [-0.39, 0.29) is 17.5 Å². The van der Waals surface area contributed by atoms with Crippen molar-refractivity contribution < 1.29 is 4.79 Å². The molecule has 3 N–H and O–H groups in total. The Labute approximate surface area is 48.2 Å². The third-order valence-corrected chi connectivity index (χ3v) is 1.51. The molecule has 0 aliphatic carbocycles. The largest absolute Gasteiger partial charge is 0.348 e. The zero-order valence-electron chi connectivity index (χ0n) is 5.06. The van der Waals surface area contributed by atoms with Crippen molar-refractivity contribution in [3.8, 4) is 0 Å². The van der Waals surface area contributed by atoms with Gasteiger partial charge in [-0.15, -0.1) is 0 Å². The maximum atomic E-state index is 10.4. The minimum atomic E-state index is -0.303. The van der Waals surface area contributed by atoms with Crippen molar-refractivity contribution in [2.24, 2.45) is 5.73 Å². The molecule has 1 atom stereocenters. The summed E-state index contributed by atoms with van der Waals surface area (Å²) in [5.74, 6) is -0.0463. The van der Waals surface area contributed by atoms with E-state index in [1.165, 1.54) is 0 Å². The van der Waals surface area contributed by atoms with Gasteiger partial charge < -0.3 is 11.1 Å². The maximum Gasteiger partial charge on any atom is 0.239 e. The first kappa shape index (κ1) is 5.56. The Kier molecular flexibility index (Phi) is 0.854. The lowest BCUT2D eigenvalue weighted by Crippen LogP contribution is -2.73. The van der Waals surface area contributed by atoms with Crippen LogP contribution >= 0.6 is 0 Å². The van der Waals surface area contributed by atoms with E-state index in [4.69, 9.17) is 5.73 Å². The van der Waals surface area contributed by atoms with Crippen LogP contribution in [0.25, 0.3) is 0 Å². The number of hydrogen-bond acceptors (Lipinski definition) is 2. The molecule has 3 heteroatoms. The van der Waals surface area contributed by atoms with E-state index in [1.807, 2.05) is 13.8 Å². The molecule has 0 aromatic carbocycles. The van der Waals surface area contributed by atoms with E-state index in [2.05, 4.69) is 5.32 Å². The van der Waals surface area contributed by atoms with Gasteiger partial charge in [-0.2, -0.15) is 0 Å². The van der Waals surface area contributed by atoms with Gasteiger partial charge in [0.25, 0.3) is 0 Å². The summed E-state index contributed by atoms with van der Waals surface area (Å²) in [4.78, 5) is 10.4. The quantitative estimate of drug-likeness (QED) is 0.406. The molecule has 1 aliphatic heterocycles. The van der Waals surface area contributed by atoms with Crippen LogP contribution in [0.15, 0.2) is 0 Å². The van der Waals surface area contributed by atoms with Gasteiger partial charge >= 0.3 is 0 Å². The molecule has 0 aromatic heterocycles. The summed E-state index contributed by atoms with van der Waals surface area (Å²) in [5.41, 5.74) is 5.22. The molecule has 0 radical (unpaired) electrons. The summed E-state index contributed by atoms with van der Waals surface area (Å²) in [5, 5.41) is 2.67. The predicted octanol–water partition coefficient (Wildman–Crippen LogP) is -0.778. The summed E-state index contributed by atoms with van der Waals surface area (Å²) >= 11 is 0. The van der Waals surface area contributed by atoms with E-state index in [0.717, 1.165) is 0 Å². The number of nitrogens with two attached hydrogens (primary N) is 1. The number of rotatable bonds is 0. The van der Waals surface area contributed by atoms with E-state index in [1.54, 1.807) is 0 Å². The highest BCUT2D eigenvalue weighted by molar-refractivity contribution is 5.90. The molecule has 1 aliphatic rings. The first-order valence-corrected chi connectivity index (χ1v) is 2.61. The summed E-state index contributed by atoms with van der Waals surface area (Å²) in [6, 6.07) is -0.303. The van der Waals surface area contributed by atoms with Crippen molar-refractivity contribution >= 4 is 5.91 Å². The van der Waals surface area contributed by atoms with Crippen molar-refractivity contribution in [3.63, 3.8) is 0 Å². The topological polar surface area (TPSA) is 55.1 Å². The Balaban J connectivity index is 2.60. The van der Waals surface area contributed by atoms with Crippen LogP contribution in [0.5, 0.6) is 0 Å². The summed E-state index contributed by atoms with van der Waals surface area (Å²) in [6.07, 6.45) is 0. The third kappa shape index (κ3) is 0.512. The standard InChI is InChI=1S/C5H10N2O/c1-5(2)3(6)4(8)7-5/h3H,6H2,1-2H3,(H,7,8). The number of hydrogen-bond donors (Lipinski definition) is 2. The Bertz CT molecular complexity index is 130. The molecule has 0 bridgehead atoms. The number of amides is 1. The van der Waals surface area contributed by atoms with Gasteiger partial charge in [-0.05, 0) is 13.8 Å². The van der Waals surface area contributed by atoms with Crippen molar-refractivity contribution in [3.05, 3.63) is 0 Å². The van der Waals surface area contributed by atoms with Crippen LogP contribution in [0.4, 0.5) is 0 Å². The van der Waals surface area contributed by atoms with Crippen LogP contribution in [0.3, 0.4) is 0 Å². The molecule has 46 valence electrons. The summed E-state index contributed by atoms with van der Waals surface area (Å²) < 4.78 is 0. The van der Waals surface area contributed by atoms with Gasteiger partial charge in [0.15, 0.2) is 0 Å². The molecular formula is C5H10N2O. The molecule has 1 rings (SSSR count). The van der Waals surface area contributed by atoms with Gasteiger partial charge in [-0.3, -0.25) is 4.79 Å². The van der Waals surface area contributed by atoms with Crippen LogP contribution in [0.1, 0.15) is 13.8 Å². The smallest absolute Gasteiger partial charge is 0.239 e. The minimum Gasteiger partial charge on any atom is -0.348 e. The molecular weight excluding hydrogens is 104 g/mol. The van der Waals surface area contributed by atoms with Gasteiger partial charge in [0, 0.05) is 0 Å². The zero-order chi connectivity index (χ0) is 6.36. The fourth-order valence-corrected chi connectivity index (χ4v) is 0.723. The lowest BCUT2D eigenvalue weighted by Gasteiger charge is -2.41. The van der Waals surface area contributed by atoms with Gasteiger partial charge in [0.1, 0.15) is 6.04 Å². The molecule has 1 fully saturated rings. The molecule has 1 saturated heterocycles. The summed E-state index contributed by atoms with van der Waals surface area (Å²) in [6.45, 7) is 3.80. The average molecular weight is 114 g/mol. The van der Waals surface area contributed by atoms with Crippen molar-refractivity contribution in [1.29, 1.82) is 0 Å². The highest BCUT2D eigenvalue weighted by Crippen LogP contribution is 2.15. The Hall–Kier alpha value is -0.570. The van der Waals surface area contributed by atoms with E-state index in [0.29, 0.717) is 0 Å². The normalized spacial score (nSPS) is 33.4. The molecule has 3 nitrogen and oxygen atoms in total. The second-order valence-corrected chi connectivity index (χ2v) is 2.69. The monoisotopic (exact) mass is 114 g/mol. The van der Waals surface area contributed by atoms with E-state index < -0.39 is 0 Å². The van der Waals surface area contributed by atoms with E-state index in [9.17, 15) is 4.79 Å².